The highest BCUT2D eigenvalue weighted by atomic mass is 32.2. The lowest BCUT2D eigenvalue weighted by Crippen LogP contribution is -2.48. The van der Waals surface area contributed by atoms with Gasteiger partial charge in [-0.15, -0.1) is 0 Å². The molecule has 1 spiro atoms. The monoisotopic (exact) mass is 378 g/mol. The van der Waals surface area contributed by atoms with Gasteiger partial charge in [-0.05, 0) is 38.3 Å². The molecular weight excluding hydrogens is 356 g/mol. The number of hydrogen-bond acceptors (Lipinski definition) is 5. The summed E-state index contributed by atoms with van der Waals surface area (Å²) in [6.07, 6.45) is 4.38. The Morgan fingerprint density at radius 3 is 2.62 bits per heavy atom. The van der Waals surface area contributed by atoms with Crippen molar-refractivity contribution in [2.24, 2.45) is 7.05 Å². The second kappa shape index (κ2) is 6.07. The number of oxazole rings is 1. The van der Waals surface area contributed by atoms with Gasteiger partial charge in [0.25, 0.3) is 0 Å². The summed E-state index contributed by atoms with van der Waals surface area (Å²) >= 11 is 0. The van der Waals surface area contributed by atoms with E-state index in [0.29, 0.717) is 38.1 Å². The zero-order valence-corrected chi connectivity index (χ0v) is 15.7. The number of fused-ring (bicyclic) bond motifs is 1. The number of hydrogen-bond donors (Lipinski definition) is 0. The predicted molar refractivity (Wildman–Crippen MR) is 96.5 cm³/mol. The van der Waals surface area contributed by atoms with E-state index in [9.17, 15) is 13.2 Å². The number of aromatic nitrogens is 1. The van der Waals surface area contributed by atoms with Crippen molar-refractivity contribution < 1.29 is 17.6 Å². The van der Waals surface area contributed by atoms with Gasteiger partial charge in [-0.1, -0.05) is 11.6 Å². The van der Waals surface area contributed by atoms with Gasteiger partial charge in [0.1, 0.15) is 0 Å². The van der Waals surface area contributed by atoms with Gasteiger partial charge in [-0.2, -0.15) is 4.31 Å². The number of piperidine rings is 1. The molecule has 140 valence electrons. The molecule has 1 saturated heterocycles. The van der Waals surface area contributed by atoms with E-state index >= 15 is 0 Å². The molecule has 1 aromatic carbocycles. The van der Waals surface area contributed by atoms with Gasteiger partial charge in [0.2, 0.25) is 10.0 Å². The summed E-state index contributed by atoms with van der Waals surface area (Å²) < 4.78 is 39.9. The molecule has 1 aromatic heterocycles. The summed E-state index contributed by atoms with van der Waals surface area (Å²) in [5, 5.41) is 0. The van der Waals surface area contributed by atoms with E-state index in [4.69, 9.17) is 9.15 Å². The second-order valence-electron chi connectivity index (χ2n) is 7.11. The van der Waals surface area contributed by atoms with Crippen molar-refractivity contribution in [1.82, 2.24) is 8.87 Å². The molecule has 0 bridgehead atoms. The Morgan fingerprint density at radius 1 is 1.19 bits per heavy atom. The average Bonchev–Trinajstić information content (AvgIpc) is 2.89. The van der Waals surface area contributed by atoms with Crippen molar-refractivity contribution in [3.05, 3.63) is 40.4 Å². The first-order chi connectivity index (χ1) is 12.3. The molecule has 7 nitrogen and oxygen atoms in total. The molecule has 8 heteroatoms. The van der Waals surface area contributed by atoms with E-state index in [-0.39, 0.29) is 16.1 Å². The summed E-state index contributed by atoms with van der Waals surface area (Å²) in [7, 11) is -2.05. The lowest BCUT2D eigenvalue weighted by molar-refractivity contribution is -0.0462. The molecule has 0 N–H and O–H groups in total. The minimum Gasteiger partial charge on any atom is -0.408 e. The van der Waals surface area contributed by atoms with Crippen LogP contribution in [-0.4, -0.2) is 42.6 Å². The molecule has 2 aromatic rings. The van der Waals surface area contributed by atoms with Crippen LogP contribution in [0.3, 0.4) is 0 Å². The van der Waals surface area contributed by atoms with Crippen LogP contribution in [0.4, 0.5) is 0 Å². The number of sulfonamides is 1. The Kier molecular flexibility index (Phi) is 4.09. The largest absolute Gasteiger partial charge is 0.419 e. The Bertz CT molecular complexity index is 1040. The third-order valence-corrected chi connectivity index (χ3v) is 7.26. The van der Waals surface area contributed by atoms with E-state index in [1.807, 2.05) is 0 Å². The SMILES string of the molecule is CC1=CC2(CCN(S(=O)(=O)c3ccc4c(c3)oc(=O)n4C)CC2)OCC1. The first-order valence-corrected chi connectivity index (χ1v) is 10.2. The topological polar surface area (TPSA) is 81.8 Å². The van der Waals surface area contributed by atoms with Crippen LogP contribution in [0.25, 0.3) is 11.1 Å². The van der Waals surface area contributed by atoms with E-state index in [1.165, 1.54) is 26.6 Å². The fourth-order valence-corrected chi connectivity index (χ4v) is 5.25. The molecule has 0 aliphatic carbocycles. The normalized spacial score (nSPS) is 21.2. The van der Waals surface area contributed by atoms with E-state index in [0.717, 1.165) is 6.42 Å². The molecule has 0 saturated carbocycles. The summed E-state index contributed by atoms with van der Waals surface area (Å²) in [4.78, 5) is 11.8. The number of aryl methyl sites for hydroxylation is 1. The maximum absolute atomic E-state index is 13.0. The van der Waals surface area contributed by atoms with Crippen molar-refractivity contribution in [2.45, 2.75) is 36.7 Å². The molecule has 2 aliphatic rings. The third-order valence-electron chi connectivity index (χ3n) is 5.37. The van der Waals surface area contributed by atoms with Crippen LogP contribution in [0, 0.1) is 0 Å². The summed E-state index contributed by atoms with van der Waals surface area (Å²) in [5.41, 5.74) is 1.82. The van der Waals surface area contributed by atoms with Crippen molar-refractivity contribution in [3.8, 4) is 0 Å². The number of rotatable bonds is 2. The summed E-state index contributed by atoms with van der Waals surface area (Å²) in [5.74, 6) is -0.508. The highest BCUT2D eigenvalue weighted by Crippen LogP contribution is 2.35. The first kappa shape index (κ1) is 17.5. The molecule has 0 unspecified atom stereocenters. The zero-order valence-electron chi connectivity index (χ0n) is 14.9. The van der Waals surface area contributed by atoms with E-state index in [2.05, 4.69) is 13.0 Å². The van der Waals surface area contributed by atoms with Gasteiger partial charge in [-0.3, -0.25) is 4.57 Å². The maximum Gasteiger partial charge on any atom is 0.419 e. The number of nitrogens with zero attached hydrogens (tertiary/aromatic N) is 2. The lowest BCUT2D eigenvalue weighted by Gasteiger charge is -2.41. The minimum atomic E-state index is -3.64. The van der Waals surface area contributed by atoms with Crippen molar-refractivity contribution >= 4 is 21.1 Å². The van der Waals surface area contributed by atoms with Crippen molar-refractivity contribution in [3.63, 3.8) is 0 Å². The first-order valence-electron chi connectivity index (χ1n) is 8.73. The molecule has 26 heavy (non-hydrogen) atoms. The smallest absolute Gasteiger partial charge is 0.408 e. The van der Waals surface area contributed by atoms with Gasteiger partial charge in [-0.25, -0.2) is 13.2 Å². The van der Waals surface area contributed by atoms with Crippen LogP contribution in [0.5, 0.6) is 0 Å². The van der Waals surface area contributed by atoms with Crippen LogP contribution in [0.15, 0.2) is 44.0 Å². The highest BCUT2D eigenvalue weighted by molar-refractivity contribution is 7.89. The van der Waals surface area contributed by atoms with Crippen molar-refractivity contribution in [1.29, 1.82) is 0 Å². The van der Waals surface area contributed by atoms with Gasteiger partial charge >= 0.3 is 5.76 Å². The molecular formula is C18H22N2O5S. The zero-order chi connectivity index (χ0) is 18.5. The van der Waals surface area contributed by atoms with Crippen LogP contribution in [0.1, 0.15) is 26.2 Å². The lowest BCUT2D eigenvalue weighted by atomic mass is 9.88. The Hall–Kier alpha value is -1.90. The highest BCUT2D eigenvalue weighted by Gasteiger charge is 2.39. The number of ether oxygens (including phenoxy) is 1. The van der Waals surface area contributed by atoms with Crippen molar-refractivity contribution in [2.75, 3.05) is 19.7 Å². The van der Waals surface area contributed by atoms with Gasteiger partial charge in [0, 0.05) is 26.2 Å². The van der Waals surface area contributed by atoms with Crippen LogP contribution in [0.2, 0.25) is 0 Å². The van der Waals surface area contributed by atoms with Gasteiger partial charge in [0.05, 0.1) is 22.6 Å². The molecule has 1 fully saturated rings. The van der Waals surface area contributed by atoms with Crippen LogP contribution >= 0.6 is 0 Å². The maximum atomic E-state index is 13.0. The van der Waals surface area contributed by atoms with Gasteiger partial charge in [0.15, 0.2) is 5.58 Å². The standard InChI is InChI=1S/C18H22N2O5S/c1-13-5-10-24-18(12-13)6-8-20(9-7-18)26(22,23)14-3-4-15-16(11-14)25-17(21)19(15)2/h3-4,11-12H,5-10H2,1-2H3. The fourth-order valence-electron chi connectivity index (χ4n) is 3.80. The van der Waals surface area contributed by atoms with Gasteiger partial charge < -0.3 is 9.15 Å². The van der Waals surface area contributed by atoms with Crippen LogP contribution < -0.4 is 5.76 Å². The van der Waals surface area contributed by atoms with E-state index in [1.54, 1.807) is 13.1 Å². The molecule has 0 atom stereocenters. The summed E-state index contributed by atoms with van der Waals surface area (Å²) in [6, 6.07) is 4.56. The second-order valence-corrected chi connectivity index (χ2v) is 9.05. The average molecular weight is 378 g/mol. The predicted octanol–water partition coefficient (Wildman–Crippen LogP) is 2.02. The molecule has 2 aliphatic heterocycles. The van der Waals surface area contributed by atoms with Crippen LogP contribution in [-0.2, 0) is 21.8 Å². The Morgan fingerprint density at radius 2 is 1.92 bits per heavy atom. The third kappa shape index (κ3) is 2.82. The molecule has 3 heterocycles. The Labute approximate surface area is 151 Å². The quantitative estimate of drug-likeness (QED) is 0.747. The molecule has 0 amide bonds. The molecule has 4 rings (SSSR count). The number of benzene rings is 1. The molecule has 0 radical (unpaired) electrons. The summed E-state index contributed by atoms with van der Waals surface area (Å²) in [6.45, 7) is 3.60. The Balaban J connectivity index is 1.60. The minimum absolute atomic E-state index is 0.145. The fraction of sp³-hybridized carbons (Fsp3) is 0.500. The van der Waals surface area contributed by atoms with E-state index < -0.39 is 15.8 Å².